The van der Waals surface area contributed by atoms with Crippen molar-refractivity contribution < 1.29 is 9.59 Å². The van der Waals surface area contributed by atoms with Crippen LogP contribution in [0.15, 0.2) is 55.2 Å². The van der Waals surface area contributed by atoms with Crippen molar-refractivity contribution in [2.24, 2.45) is 0 Å². The molecule has 2 aromatic heterocycles. The van der Waals surface area contributed by atoms with Crippen LogP contribution in [0.25, 0.3) is 11.3 Å². The fourth-order valence-corrected chi connectivity index (χ4v) is 3.77. The Labute approximate surface area is 174 Å². The van der Waals surface area contributed by atoms with Gasteiger partial charge in [0, 0.05) is 62.0 Å². The third-order valence-corrected chi connectivity index (χ3v) is 5.06. The molecule has 8 nitrogen and oxygen atoms in total. The molecule has 0 unspecified atom stereocenters. The second-order valence-corrected chi connectivity index (χ2v) is 7.23. The van der Waals surface area contributed by atoms with Gasteiger partial charge in [-0.1, -0.05) is 12.1 Å². The van der Waals surface area contributed by atoms with Crippen LogP contribution in [0, 0.1) is 0 Å². The molecule has 0 saturated carbocycles. The van der Waals surface area contributed by atoms with Crippen LogP contribution in [0.3, 0.4) is 0 Å². The van der Waals surface area contributed by atoms with Gasteiger partial charge in [0.05, 0.1) is 17.6 Å². The van der Waals surface area contributed by atoms with Crippen LogP contribution in [0.5, 0.6) is 0 Å². The molecule has 3 heterocycles. The minimum absolute atomic E-state index is 0.0625. The molecule has 1 fully saturated rings. The lowest BCUT2D eigenvalue weighted by Crippen LogP contribution is -2.39. The number of aromatic nitrogens is 4. The van der Waals surface area contributed by atoms with Crippen LogP contribution in [0.2, 0.25) is 0 Å². The molecule has 2 amide bonds. The molecule has 0 spiro atoms. The summed E-state index contributed by atoms with van der Waals surface area (Å²) in [5, 5.41) is 2.80. The molecule has 1 aromatic carbocycles. The molecule has 0 bridgehead atoms. The molecule has 1 atom stereocenters. The smallest absolute Gasteiger partial charge is 0.274 e. The summed E-state index contributed by atoms with van der Waals surface area (Å²) in [4.78, 5) is 43.4. The first-order valence-electron chi connectivity index (χ1n) is 9.86. The maximum atomic E-state index is 12.8. The summed E-state index contributed by atoms with van der Waals surface area (Å²) >= 11 is 0. The Morgan fingerprint density at radius 1 is 1.10 bits per heavy atom. The topological polar surface area (TPSA) is 101 Å². The standard InChI is InChI=1S/C22H22N6O2/c1-15(29)27-18-6-2-4-16(12-18)20-21(26-10-9-25-20)17-5-3-11-28(14-17)22(30)19-13-23-7-8-24-19/h2,4,6-10,12-13,17H,3,5,11,14H2,1H3,(H,27,29)/t17-/m0/s1. The molecule has 1 aliphatic rings. The number of nitrogens with one attached hydrogen (secondary N) is 1. The van der Waals surface area contributed by atoms with Gasteiger partial charge in [-0.25, -0.2) is 4.98 Å². The first kappa shape index (κ1) is 19.6. The van der Waals surface area contributed by atoms with E-state index in [4.69, 9.17) is 0 Å². The summed E-state index contributed by atoms with van der Waals surface area (Å²) in [7, 11) is 0. The Bertz CT molecular complexity index is 1060. The molecule has 1 N–H and O–H groups in total. The number of carbonyl (C=O) groups excluding carboxylic acids is 2. The van der Waals surface area contributed by atoms with Gasteiger partial charge in [0.15, 0.2) is 0 Å². The van der Waals surface area contributed by atoms with Gasteiger partial charge < -0.3 is 10.2 Å². The van der Waals surface area contributed by atoms with E-state index < -0.39 is 0 Å². The summed E-state index contributed by atoms with van der Waals surface area (Å²) in [5.41, 5.74) is 3.56. The average Bonchev–Trinajstić information content (AvgIpc) is 2.79. The largest absolute Gasteiger partial charge is 0.337 e. The molecule has 8 heteroatoms. The predicted molar refractivity (Wildman–Crippen MR) is 112 cm³/mol. The van der Waals surface area contributed by atoms with E-state index in [2.05, 4.69) is 25.3 Å². The Hall–Kier alpha value is -3.68. The van der Waals surface area contributed by atoms with Crippen molar-refractivity contribution >= 4 is 17.5 Å². The lowest BCUT2D eigenvalue weighted by atomic mass is 9.91. The number of benzene rings is 1. The fraction of sp³-hybridized carbons (Fsp3) is 0.273. The van der Waals surface area contributed by atoms with E-state index in [0.29, 0.717) is 24.5 Å². The Kier molecular flexibility index (Phi) is 5.74. The van der Waals surface area contributed by atoms with Gasteiger partial charge in [-0.3, -0.25) is 24.5 Å². The molecule has 0 aliphatic carbocycles. The van der Waals surface area contributed by atoms with E-state index in [0.717, 1.165) is 29.8 Å². The van der Waals surface area contributed by atoms with Gasteiger partial charge in [-0.05, 0) is 25.0 Å². The van der Waals surface area contributed by atoms with Crippen LogP contribution in [0.1, 0.15) is 41.9 Å². The highest BCUT2D eigenvalue weighted by atomic mass is 16.2. The van der Waals surface area contributed by atoms with E-state index in [-0.39, 0.29) is 17.7 Å². The number of rotatable bonds is 4. The molecular weight excluding hydrogens is 380 g/mol. The summed E-state index contributed by atoms with van der Waals surface area (Å²) in [6, 6.07) is 7.55. The monoisotopic (exact) mass is 402 g/mol. The van der Waals surface area contributed by atoms with Crippen molar-refractivity contribution in [2.75, 3.05) is 18.4 Å². The summed E-state index contributed by atoms with van der Waals surface area (Å²) < 4.78 is 0. The third-order valence-electron chi connectivity index (χ3n) is 5.06. The van der Waals surface area contributed by atoms with Crippen molar-refractivity contribution in [1.29, 1.82) is 0 Å². The van der Waals surface area contributed by atoms with Gasteiger partial charge in [-0.15, -0.1) is 0 Å². The molecule has 3 aromatic rings. The third kappa shape index (κ3) is 4.32. The van der Waals surface area contributed by atoms with Crippen molar-refractivity contribution in [2.45, 2.75) is 25.7 Å². The first-order chi connectivity index (χ1) is 14.6. The molecular formula is C22H22N6O2. The van der Waals surface area contributed by atoms with Gasteiger partial charge in [0.2, 0.25) is 5.91 Å². The zero-order chi connectivity index (χ0) is 20.9. The lowest BCUT2D eigenvalue weighted by molar-refractivity contribution is -0.114. The summed E-state index contributed by atoms with van der Waals surface area (Å²) in [5.74, 6) is -0.185. The number of likely N-dealkylation sites (tertiary alicyclic amines) is 1. The zero-order valence-electron chi connectivity index (χ0n) is 16.7. The second-order valence-electron chi connectivity index (χ2n) is 7.23. The molecule has 0 radical (unpaired) electrons. The van der Waals surface area contributed by atoms with E-state index in [9.17, 15) is 9.59 Å². The van der Waals surface area contributed by atoms with E-state index in [1.807, 2.05) is 29.2 Å². The van der Waals surface area contributed by atoms with Crippen LogP contribution in [-0.2, 0) is 4.79 Å². The normalized spacial score (nSPS) is 16.2. The van der Waals surface area contributed by atoms with Crippen LogP contribution < -0.4 is 5.32 Å². The first-order valence-corrected chi connectivity index (χ1v) is 9.86. The molecule has 152 valence electrons. The van der Waals surface area contributed by atoms with E-state index in [1.165, 1.54) is 19.3 Å². The highest BCUT2D eigenvalue weighted by molar-refractivity contribution is 5.92. The van der Waals surface area contributed by atoms with E-state index in [1.54, 1.807) is 18.6 Å². The number of piperidine rings is 1. The maximum Gasteiger partial charge on any atom is 0.274 e. The van der Waals surface area contributed by atoms with Gasteiger partial charge in [0.1, 0.15) is 5.69 Å². The Morgan fingerprint density at radius 2 is 1.93 bits per heavy atom. The predicted octanol–water partition coefficient (Wildman–Crippen LogP) is 2.91. The molecule has 4 rings (SSSR count). The van der Waals surface area contributed by atoms with Gasteiger partial charge in [0.25, 0.3) is 5.91 Å². The highest BCUT2D eigenvalue weighted by Gasteiger charge is 2.29. The minimum atomic E-state index is -0.128. The SMILES string of the molecule is CC(=O)Nc1cccc(-c2nccnc2[C@H]2CCCN(C(=O)c3cnccn3)C2)c1. The number of carbonyl (C=O) groups is 2. The van der Waals surface area contributed by atoms with Crippen LogP contribution in [0.4, 0.5) is 5.69 Å². The Balaban J connectivity index is 1.61. The van der Waals surface area contributed by atoms with Crippen molar-refractivity contribution in [1.82, 2.24) is 24.8 Å². The lowest BCUT2D eigenvalue weighted by Gasteiger charge is -2.32. The van der Waals surface area contributed by atoms with Crippen molar-refractivity contribution in [3.63, 3.8) is 0 Å². The van der Waals surface area contributed by atoms with Crippen LogP contribution in [-0.4, -0.2) is 49.7 Å². The second kappa shape index (κ2) is 8.77. The number of anilines is 1. The molecule has 1 aliphatic heterocycles. The maximum absolute atomic E-state index is 12.8. The van der Waals surface area contributed by atoms with Crippen molar-refractivity contribution in [3.05, 3.63) is 66.6 Å². The quantitative estimate of drug-likeness (QED) is 0.720. The van der Waals surface area contributed by atoms with Crippen LogP contribution >= 0.6 is 0 Å². The fourth-order valence-electron chi connectivity index (χ4n) is 3.77. The zero-order valence-corrected chi connectivity index (χ0v) is 16.7. The van der Waals surface area contributed by atoms with E-state index >= 15 is 0 Å². The summed E-state index contributed by atoms with van der Waals surface area (Å²) in [6.07, 6.45) is 9.70. The Morgan fingerprint density at radius 3 is 2.73 bits per heavy atom. The number of hydrogen-bond acceptors (Lipinski definition) is 6. The molecule has 30 heavy (non-hydrogen) atoms. The van der Waals surface area contributed by atoms with Gasteiger partial charge >= 0.3 is 0 Å². The minimum Gasteiger partial charge on any atom is -0.337 e. The number of nitrogens with zero attached hydrogens (tertiary/aromatic N) is 5. The molecule has 1 saturated heterocycles. The number of amides is 2. The number of hydrogen-bond donors (Lipinski definition) is 1. The van der Waals surface area contributed by atoms with Crippen molar-refractivity contribution in [3.8, 4) is 11.3 Å². The summed E-state index contributed by atoms with van der Waals surface area (Å²) in [6.45, 7) is 2.71. The highest BCUT2D eigenvalue weighted by Crippen LogP contribution is 2.33. The average molecular weight is 402 g/mol. The van der Waals surface area contributed by atoms with Gasteiger partial charge in [-0.2, -0.15) is 0 Å².